The first-order chi connectivity index (χ1) is 25.6. The molecule has 6 unspecified atom stereocenters. The molecular formula is C40H76O12S. The van der Waals surface area contributed by atoms with Crippen LogP contribution >= 0.6 is 0 Å². The molecule has 1 heterocycles. The molecule has 1 saturated heterocycles. The van der Waals surface area contributed by atoms with E-state index in [-0.39, 0.29) is 19.6 Å². The number of unbranched alkanes of at least 4 members (excludes halogenated alkanes) is 21. The fraction of sp³-hybridized carbons (Fsp3) is 0.925. The Kier molecular flexibility index (Phi) is 31.1. The van der Waals surface area contributed by atoms with Crippen LogP contribution in [0.25, 0.3) is 0 Å². The minimum atomic E-state index is -5.05. The van der Waals surface area contributed by atoms with E-state index in [1.165, 1.54) is 103 Å². The Morgan fingerprint density at radius 3 is 1.70 bits per heavy atom. The first-order valence-electron chi connectivity index (χ1n) is 20.9. The largest absolute Gasteiger partial charge is 0.457 e. The molecule has 12 nitrogen and oxygen atoms in total. The Hall–Kier alpha value is -1.16. The fourth-order valence-electron chi connectivity index (χ4n) is 6.43. The van der Waals surface area contributed by atoms with Crippen molar-refractivity contribution >= 4 is 16.4 Å². The molecule has 53 heavy (non-hydrogen) atoms. The average Bonchev–Trinajstić information content (AvgIpc) is 3.12. The van der Waals surface area contributed by atoms with Gasteiger partial charge < -0.3 is 34.3 Å². The predicted molar refractivity (Wildman–Crippen MR) is 207 cm³/mol. The molecule has 314 valence electrons. The summed E-state index contributed by atoms with van der Waals surface area (Å²) >= 11 is 0. The van der Waals surface area contributed by atoms with Gasteiger partial charge in [0, 0.05) is 13.0 Å². The second-order valence-electron chi connectivity index (χ2n) is 14.6. The lowest BCUT2D eigenvalue weighted by Gasteiger charge is -2.41. The molecule has 0 spiro atoms. The third-order valence-electron chi connectivity index (χ3n) is 9.64. The lowest BCUT2D eigenvalue weighted by atomic mass is 9.99. The molecule has 0 saturated carbocycles. The van der Waals surface area contributed by atoms with Crippen LogP contribution in [0.3, 0.4) is 0 Å². The number of carbonyl (C=O) groups excluding carboxylic acids is 1. The number of aliphatic hydroxyl groups excluding tert-OH is 3. The normalized spacial score (nSPS) is 21.4. The van der Waals surface area contributed by atoms with Gasteiger partial charge in [0.2, 0.25) is 0 Å². The van der Waals surface area contributed by atoms with Gasteiger partial charge in [0.1, 0.15) is 30.5 Å². The maximum absolute atomic E-state index is 12.7. The number of hydrogen-bond acceptors (Lipinski definition) is 11. The molecule has 0 aliphatic carbocycles. The summed E-state index contributed by atoms with van der Waals surface area (Å²) in [6, 6.07) is 0. The Morgan fingerprint density at radius 1 is 0.698 bits per heavy atom. The summed E-state index contributed by atoms with van der Waals surface area (Å²) < 4.78 is 58.8. The molecule has 0 radical (unpaired) electrons. The van der Waals surface area contributed by atoms with Crippen molar-refractivity contribution in [1.82, 2.24) is 0 Å². The van der Waals surface area contributed by atoms with E-state index in [4.69, 9.17) is 23.5 Å². The van der Waals surface area contributed by atoms with E-state index < -0.39 is 59.8 Å². The van der Waals surface area contributed by atoms with Crippen molar-refractivity contribution in [2.75, 3.05) is 26.4 Å². The topological polar surface area (TPSA) is 178 Å². The molecule has 0 aromatic carbocycles. The number of esters is 1. The second kappa shape index (κ2) is 33.0. The van der Waals surface area contributed by atoms with Crippen LogP contribution in [0.1, 0.15) is 174 Å². The third-order valence-corrected chi connectivity index (χ3v) is 10.1. The highest BCUT2D eigenvalue weighted by atomic mass is 32.3. The predicted octanol–water partition coefficient (Wildman–Crippen LogP) is 7.91. The molecule has 1 fully saturated rings. The van der Waals surface area contributed by atoms with Gasteiger partial charge in [-0.1, -0.05) is 142 Å². The molecule has 6 atom stereocenters. The zero-order valence-electron chi connectivity index (χ0n) is 33.1. The number of carbonyl (C=O) groups is 1. The Labute approximate surface area is 321 Å². The summed E-state index contributed by atoms with van der Waals surface area (Å²) in [7, 11) is -5.05. The van der Waals surface area contributed by atoms with Crippen molar-refractivity contribution < 1.29 is 56.2 Å². The first-order valence-corrected chi connectivity index (χ1v) is 22.3. The second-order valence-corrected chi connectivity index (χ2v) is 15.6. The molecule has 1 aliphatic heterocycles. The molecule has 0 amide bonds. The third kappa shape index (κ3) is 27.1. The van der Waals surface area contributed by atoms with Gasteiger partial charge in [-0.25, -0.2) is 4.18 Å². The summed E-state index contributed by atoms with van der Waals surface area (Å²) in [6.45, 7) is 3.95. The number of hydrogen-bond donors (Lipinski definition) is 4. The van der Waals surface area contributed by atoms with Crippen molar-refractivity contribution in [3.05, 3.63) is 12.2 Å². The quantitative estimate of drug-likeness (QED) is 0.0209. The standard InChI is InChI=1S/C40H76O12S/c1-3-5-7-9-11-13-14-15-16-17-18-19-20-22-24-26-28-30-48-32-34(50-36(42)29-27-25-23-21-12-10-8-6-4-2)33-49-40-38(44)39(52-53(45,46)47)37(43)35(31-41)51-40/h16-17,34-35,37-41,43-44H,3-15,18-33H2,1-2H3,(H,45,46,47)/b17-16-. The van der Waals surface area contributed by atoms with Crippen LogP contribution < -0.4 is 0 Å². The van der Waals surface area contributed by atoms with E-state index in [9.17, 15) is 28.5 Å². The van der Waals surface area contributed by atoms with Gasteiger partial charge in [-0.15, -0.1) is 0 Å². The van der Waals surface area contributed by atoms with Crippen molar-refractivity contribution in [3.8, 4) is 0 Å². The van der Waals surface area contributed by atoms with Gasteiger partial charge in [-0.3, -0.25) is 9.35 Å². The van der Waals surface area contributed by atoms with Crippen LogP contribution in [-0.4, -0.2) is 97.5 Å². The molecule has 13 heteroatoms. The highest BCUT2D eigenvalue weighted by Gasteiger charge is 2.48. The van der Waals surface area contributed by atoms with Gasteiger partial charge in [-0.05, 0) is 38.5 Å². The summed E-state index contributed by atoms with van der Waals surface area (Å²) in [5.41, 5.74) is 0. The van der Waals surface area contributed by atoms with E-state index in [0.717, 1.165) is 44.9 Å². The van der Waals surface area contributed by atoms with Crippen molar-refractivity contribution in [1.29, 1.82) is 0 Å². The highest BCUT2D eigenvalue weighted by molar-refractivity contribution is 7.80. The van der Waals surface area contributed by atoms with E-state index in [2.05, 4.69) is 30.2 Å². The lowest BCUT2D eigenvalue weighted by molar-refractivity contribution is -0.301. The maximum Gasteiger partial charge on any atom is 0.397 e. The number of aliphatic hydroxyl groups is 3. The van der Waals surface area contributed by atoms with Crippen LogP contribution in [0.5, 0.6) is 0 Å². The van der Waals surface area contributed by atoms with E-state index >= 15 is 0 Å². The summed E-state index contributed by atoms with van der Waals surface area (Å²) in [5, 5.41) is 30.5. The molecule has 0 bridgehead atoms. The van der Waals surface area contributed by atoms with Crippen LogP contribution in [0.4, 0.5) is 0 Å². The molecule has 1 aliphatic rings. The lowest BCUT2D eigenvalue weighted by Crippen LogP contribution is -2.60. The molecule has 4 N–H and O–H groups in total. The van der Waals surface area contributed by atoms with E-state index in [1.807, 2.05) is 0 Å². The van der Waals surface area contributed by atoms with Crippen LogP contribution in [0, 0.1) is 0 Å². The van der Waals surface area contributed by atoms with E-state index in [1.54, 1.807) is 0 Å². The first kappa shape index (κ1) is 49.9. The molecule has 1 rings (SSSR count). The highest BCUT2D eigenvalue weighted by Crippen LogP contribution is 2.26. The molecule has 0 aromatic rings. The van der Waals surface area contributed by atoms with Gasteiger partial charge >= 0.3 is 16.4 Å². The van der Waals surface area contributed by atoms with Gasteiger partial charge in [0.05, 0.1) is 19.8 Å². The van der Waals surface area contributed by atoms with Gasteiger partial charge in [0.25, 0.3) is 0 Å². The van der Waals surface area contributed by atoms with Crippen molar-refractivity contribution in [2.45, 2.75) is 211 Å². The Morgan fingerprint density at radius 2 is 1.19 bits per heavy atom. The summed E-state index contributed by atoms with van der Waals surface area (Å²) in [5.74, 6) is -0.404. The minimum absolute atomic E-state index is 0.0362. The SMILES string of the molecule is CCCCCCCCC/C=C\CCCCCCCCOCC(COC1OC(CO)C(O)C(OS(=O)(=O)O)C1O)OC(=O)CCCCCCCCCCC. The summed E-state index contributed by atoms with van der Waals surface area (Å²) in [6.07, 6.45) is 24.0. The smallest absolute Gasteiger partial charge is 0.397 e. The van der Waals surface area contributed by atoms with Crippen LogP contribution in [0.15, 0.2) is 12.2 Å². The zero-order valence-corrected chi connectivity index (χ0v) is 33.9. The fourth-order valence-corrected chi connectivity index (χ4v) is 6.94. The monoisotopic (exact) mass is 781 g/mol. The number of allylic oxidation sites excluding steroid dienone is 2. The van der Waals surface area contributed by atoms with Crippen LogP contribution in [-0.2, 0) is 38.3 Å². The average molecular weight is 781 g/mol. The Bertz CT molecular complexity index is 994. The number of rotatable bonds is 36. The molecular weight excluding hydrogens is 704 g/mol. The van der Waals surface area contributed by atoms with Crippen molar-refractivity contribution in [2.24, 2.45) is 0 Å². The van der Waals surface area contributed by atoms with Gasteiger partial charge in [0.15, 0.2) is 6.29 Å². The Balaban J connectivity index is 2.43. The zero-order chi connectivity index (χ0) is 39.0. The van der Waals surface area contributed by atoms with E-state index in [0.29, 0.717) is 13.0 Å². The number of ether oxygens (including phenoxy) is 4. The van der Waals surface area contributed by atoms with Crippen LogP contribution in [0.2, 0.25) is 0 Å². The minimum Gasteiger partial charge on any atom is -0.457 e. The maximum atomic E-state index is 12.7. The van der Waals surface area contributed by atoms with Crippen molar-refractivity contribution in [3.63, 3.8) is 0 Å². The van der Waals surface area contributed by atoms with Gasteiger partial charge in [-0.2, -0.15) is 8.42 Å². The summed E-state index contributed by atoms with van der Waals surface area (Å²) in [4.78, 5) is 12.7. The molecule has 0 aromatic heterocycles.